The molecule has 2 N–H and O–H groups in total. The van der Waals surface area contributed by atoms with Crippen molar-refractivity contribution < 1.29 is 24.5 Å². The number of aliphatic carboxylic acids is 1. The molecule has 1 saturated heterocycles. The maximum Gasteiger partial charge on any atom is 0.314 e. The van der Waals surface area contributed by atoms with Crippen LogP contribution in [0.4, 0.5) is 0 Å². The summed E-state index contributed by atoms with van der Waals surface area (Å²) in [6, 6.07) is 0. The molecule has 1 heterocycles. The summed E-state index contributed by atoms with van der Waals surface area (Å²) in [5, 5.41) is 21.2. The molecular formula is C20H26O5. The predicted octanol–water partition coefficient (Wildman–Crippen LogP) is 2.73. The minimum Gasteiger partial charge on any atom is -0.481 e. The van der Waals surface area contributed by atoms with Crippen LogP contribution in [0.2, 0.25) is 0 Å². The van der Waals surface area contributed by atoms with Gasteiger partial charge in [-0.3, -0.25) is 9.59 Å². The van der Waals surface area contributed by atoms with Crippen LogP contribution in [0, 0.1) is 39.9 Å². The minimum atomic E-state index is -1.17. The van der Waals surface area contributed by atoms with E-state index < -0.39 is 35.0 Å². The van der Waals surface area contributed by atoms with Crippen LogP contribution in [0.15, 0.2) is 12.2 Å². The Morgan fingerprint density at radius 2 is 2.08 bits per heavy atom. The third-order valence-corrected chi connectivity index (χ3v) is 8.84. The topological polar surface area (TPSA) is 83.8 Å². The molecular weight excluding hydrogens is 320 g/mol. The summed E-state index contributed by atoms with van der Waals surface area (Å²) in [5.74, 6) is -1.64. The number of hydrogen-bond donors (Lipinski definition) is 2. The van der Waals surface area contributed by atoms with Gasteiger partial charge in [-0.25, -0.2) is 0 Å². The fourth-order valence-corrected chi connectivity index (χ4v) is 8.21. The molecule has 136 valence electrons. The van der Waals surface area contributed by atoms with Crippen molar-refractivity contribution in [3.05, 3.63) is 12.2 Å². The molecule has 4 bridgehead atoms. The number of ether oxygens (including phenoxy) is 1. The summed E-state index contributed by atoms with van der Waals surface area (Å²) in [6.07, 6.45) is 4.60. The monoisotopic (exact) mass is 346 g/mol. The first-order valence-corrected chi connectivity index (χ1v) is 9.57. The highest BCUT2D eigenvalue weighted by molar-refractivity contribution is 5.82. The van der Waals surface area contributed by atoms with Gasteiger partial charge in [0, 0.05) is 11.3 Å². The number of aliphatic hydroxyl groups excluding tert-OH is 1. The van der Waals surface area contributed by atoms with Gasteiger partial charge in [0.15, 0.2) is 0 Å². The van der Waals surface area contributed by atoms with Crippen LogP contribution in [0.25, 0.3) is 0 Å². The van der Waals surface area contributed by atoms with Crippen molar-refractivity contribution in [1.82, 2.24) is 0 Å². The van der Waals surface area contributed by atoms with Crippen LogP contribution in [-0.4, -0.2) is 28.4 Å². The number of carboxylic acids is 1. The van der Waals surface area contributed by atoms with E-state index in [1.807, 2.05) is 6.92 Å². The molecule has 5 aliphatic rings. The number of allylic oxidation sites excluding steroid dienone is 1. The van der Waals surface area contributed by atoms with Crippen molar-refractivity contribution in [2.45, 2.75) is 58.2 Å². The summed E-state index contributed by atoms with van der Waals surface area (Å²) >= 11 is 0. The number of hydrogen-bond acceptors (Lipinski definition) is 4. The zero-order chi connectivity index (χ0) is 17.8. The van der Waals surface area contributed by atoms with Gasteiger partial charge in [-0.2, -0.15) is 0 Å². The molecule has 1 spiro atoms. The summed E-state index contributed by atoms with van der Waals surface area (Å²) in [5.41, 5.74) is -0.590. The molecule has 0 amide bonds. The zero-order valence-electron chi connectivity index (χ0n) is 14.7. The van der Waals surface area contributed by atoms with E-state index in [9.17, 15) is 19.8 Å². The zero-order valence-corrected chi connectivity index (χ0v) is 14.7. The number of aliphatic hydroxyl groups is 1. The second kappa shape index (κ2) is 4.48. The maximum absolute atomic E-state index is 12.7. The summed E-state index contributed by atoms with van der Waals surface area (Å²) < 4.78 is 5.47. The van der Waals surface area contributed by atoms with Crippen molar-refractivity contribution in [2.75, 3.05) is 0 Å². The lowest BCUT2D eigenvalue weighted by Crippen LogP contribution is -2.62. The second-order valence-corrected chi connectivity index (χ2v) is 9.53. The fourth-order valence-electron chi connectivity index (χ4n) is 8.21. The van der Waals surface area contributed by atoms with Crippen LogP contribution in [0.5, 0.6) is 0 Å². The van der Waals surface area contributed by atoms with Gasteiger partial charge in [0.1, 0.15) is 0 Å². The summed E-state index contributed by atoms with van der Waals surface area (Å²) in [6.45, 7) is 6.12. The van der Waals surface area contributed by atoms with Crippen LogP contribution in [0.1, 0.15) is 51.9 Å². The highest BCUT2D eigenvalue weighted by Crippen LogP contribution is 2.79. The van der Waals surface area contributed by atoms with Gasteiger partial charge in [-0.05, 0) is 62.7 Å². The highest BCUT2D eigenvalue weighted by atomic mass is 16.6. The van der Waals surface area contributed by atoms with Crippen LogP contribution < -0.4 is 0 Å². The third kappa shape index (κ3) is 1.52. The molecule has 0 radical (unpaired) electrons. The van der Waals surface area contributed by atoms with E-state index in [1.165, 1.54) is 5.57 Å². The van der Waals surface area contributed by atoms with Crippen LogP contribution in [-0.2, 0) is 14.3 Å². The number of esters is 1. The van der Waals surface area contributed by atoms with E-state index in [2.05, 4.69) is 6.58 Å². The SMILES string of the molecule is C=C1C[C@]23C[C@H]1CC[C@H]2[C@@]12CCC[C@@](C)(C(=O)O[C@@H]1O)[C@H]2[C@@H]3C(=O)O. The largest absolute Gasteiger partial charge is 0.481 e. The molecule has 4 saturated carbocycles. The molecule has 0 aromatic heterocycles. The van der Waals surface area contributed by atoms with E-state index in [-0.39, 0.29) is 17.3 Å². The van der Waals surface area contributed by atoms with Crippen LogP contribution in [0.3, 0.4) is 0 Å². The molecule has 5 fully saturated rings. The minimum absolute atomic E-state index is 0.101. The lowest BCUT2D eigenvalue weighted by Gasteiger charge is -2.57. The molecule has 0 aromatic carbocycles. The van der Waals surface area contributed by atoms with Gasteiger partial charge >= 0.3 is 11.9 Å². The average Bonchev–Trinajstić information content (AvgIpc) is 2.96. The molecule has 5 nitrogen and oxygen atoms in total. The first kappa shape index (κ1) is 15.9. The standard InChI is InChI=1S/C20H26O5/c1-10-8-19-9-11(10)4-5-12(19)20-7-3-6-18(2,16(23)25-17(20)24)14(20)13(19)15(21)22/h11-14,17,24H,1,3-9H2,2H3,(H,21,22)/t11-,12-,13-,14-,17+,18-,19+,20-/m1/s1. The van der Waals surface area contributed by atoms with Gasteiger partial charge in [0.25, 0.3) is 0 Å². The summed E-state index contributed by atoms with van der Waals surface area (Å²) in [4.78, 5) is 25.2. The van der Waals surface area contributed by atoms with E-state index in [0.29, 0.717) is 12.3 Å². The molecule has 25 heavy (non-hydrogen) atoms. The fraction of sp³-hybridized carbons (Fsp3) is 0.800. The van der Waals surface area contributed by atoms with Gasteiger partial charge < -0.3 is 14.9 Å². The Morgan fingerprint density at radius 3 is 2.80 bits per heavy atom. The first-order valence-electron chi connectivity index (χ1n) is 9.57. The summed E-state index contributed by atoms with van der Waals surface area (Å²) in [7, 11) is 0. The number of fused-ring (bicyclic) bond motifs is 1. The molecule has 0 aromatic rings. The smallest absolute Gasteiger partial charge is 0.314 e. The van der Waals surface area contributed by atoms with Crippen molar-refractivity contribution in [3.63, 3.8) is 0 Å². The van der Waals surface area contributed by atoms with Crippen molar-refractivity contribution in [1.29, 1.82) is 0 Å². The molecule has 0 unspecified atom stereocenters. The maximum atomic E-state index is 12.7. The van der Waals surface area contributed by atoms with Crippen LogP contribution >= 0.6 is 0 Å². The predicted molar refractivity (Wildman–Crippen MR) is 88.1 cm³/mol. The average molecular weight is 346 g/mol. The van der Waals surface area contributed by atoms with Gasteiger partial charge in [0.05, 0.1) is 11.3 Å². The van der Waals surface area contributed by atoms with E-state index >= 15 is 0 Å². The van der Waals surface area contributed by atoms with E-state index in [4.69, 9.17) is 4.74 Å². The number of cyclic esters (lactones) is 1. The molecule has 5 rings (SSSR count). The Hall–Kier alpha value is -1.36. The van der Waals surface area contributed by atoms with Crippen molar-refractivity contribution in [3.8, 4) is 0 Å². The first-order chi connectivity index (χ1) is 11.8. The van der Waals surface area contributed by atoms with Crippen molar-refractivity contribution >= 4 is 11.9 Å². The van der Waals surface area contributed by atoms with Gasteiger partial charge in [-0.15, -0.1) is 0 Å². The van der Waals surface area contributed by atoms with Crippen molar-refractivity contribution in [2.24, 2.45) is 39.9 Å². The molecule has 1 aliphatic heterocycles. The molecule has 4 aliphatic carbocycles. The Bertz CT molecular complexity index is 700. The third-order valence-electron chi connectivity index (χ3n) is 8.84. The van der Waals surface area contributed by atoms with Gasteiger partial charge in [-0.1, -0.05) is 18.6 Å². The lowest BCUT2D eigenvalue weighted by molar-refractivity contribution is -0.271. The Balaban J connectivity index is 1.78. The number of carbonyl (C=O) groups excluding carboxylic acids is 1. The number of carboxylic acid groups (broad SMARTS) is 1. The van der Waals surface area contributed by atoms with E-state index in [1.54, 1.807) is 0 Å². The van der Waals surface area contributed by atoms with E-state index in [0.717, 1.165) is 38.5 Å². The Morgan fingerprint density at radius 1 is 1.32 bits per heavy atom. The lowest BCUT2D eigenvalue weighted by atomic mass is 9.50. The quantitative estimate of drug-likeness (QED) is 0.563. The second-order valence-electron chi connectivity index (χ2n) is 9.53. The normalized spacial score (nSPS) is 56.2. The number of carbonyl (C=O) groups is 2. The molecule has 5 heteroatoms. The number of rotatable bonds is 1. The molecule has 8 atom stereocenters. The highest BCUT2D eigenvalue weighted by Gasteiger charge is 2.80. The Labute approximate surface area is 147 Å². The Kier molecular flexibility index (Phi) is 2.84. The van der Waals surface area contributed by atoms with Gasteiger partial charge in [0.2, 0.25) is 6.29 Å².